The summed E-state index contributed by atoms with van der Waals surface area (Å²) in [5, 5.41) is 4.46. The number of hydrogen-bond donors (Lipinski definition) is 2. The van der Waals surface area contributed by atoms with Crippen LogP contribution in [0.3, 0.4) is 0 Å². The van der Waals surface area contributed by atoms with Gasteiger partial charge in [-0.05, 0) is 25.3 Å². The van der Waals surface area contributed by atoms with Gasteiger partial charge in [-0.15, -0.1) is 0 Å². The zero-order valence-electron chi connectivity index (χ0n) is 16.3. The van der Waals surface area contributed by atoms with Gasteiger partial charge in [-0.3, -0.25) is 0 Å². The molecule has 1 aliphatic carbocycles. The fourth-order valence-electron chi connectivity index (χ4n) is 4.43. The zero-order chi connectivity index (χ0) is 20.9. The standard InChI is InChI=1S/C20H20ClFN6O2/c1-28-10-20(30-19(28)29)4-2-3-12(6-20)26-18-15(22)9-25-17(27-18)14-8-24-16-13(14)5-11(21)7-23-16/h5,7-9,12H,2-4,6,10H2,1H3,(H,23,24)(H,25,26,27)/t12-,20+/m0/s1. The predicted molar refractivity (Wildman–Crippen MR) is 110 cm³/mol. The van der Waals surface area contributed by atoms with Crippen LogP contribution in [-0.2, 0) is 4.74 Å². The molecule has 1 spiro atoms. The van der Waals surface area contributed by atoms with Crippen molar-refractivity contribution in [1.82, 2.24) is 24.8 Å². The van der Waals surface area contributed by atoms with Gasteiger partial charge in [0.05, 0.1) is 17.8 Å². The van der Waals surface area contributed by atoms with Crippen molar-refractivity contribution in [2.24, 2.45) is 0 Å². The molecule has 2 fully saturated rings. The SMILES string of the molecule is CN1C[C@]2(CCC[C@H](Nc3nc(-c4c[nH]c5ncc(Cl)cc45)ncc3F)C2)OC1=O. The number of aromatic amines is 1. The monoisotopic (exact) mass is 430 g/mol. The van der Waals surface area contributed by atoms with E-state index in [-0.39, 0.29) is 18.0 Å². The Balaban J connectivity index is 1.41. The number of carbonyl (C=O) groups is 1. The van der Waals surface area contributed by atoms with Crippen LogP contribution in [-0.4, -0.2) is 56.2 Å². The van der Waals surface area contributed by atoms with Crippen LogP contribution >= 0.6 is 11.6 Å². The normalized spacial score (nSPS) is 23.9. The van der Waals surface area contributed by atoms with Gasteiger partial charge in [-0.2, -0.15) is 0 Å². The van der Waals surface area contributed by atoms with E-state index in [4.69, 9.17) is 16.3 Å². The summed E-state index contributed by atoms with van der Waals surface area (Å²) in [5.74, 6) is -0.0364. The van der Waals surface area contributed by atoms with Crippen LogP contribution in [0.1, 0.15) is 25.7 Å². The van der Waals surface area contributed by atoms with Gasteiger partial charge in [0.25, 0.3) is 0 Å². The molecule has 1 saturated carbocycles. The highest BCUT2D eigenvalue weighted by Crippen LogP contribution is 2.38. The third kappa shape index (κ3) is 3.32. The van der Waals surface area contributed by atoms with Crippen LogP contribution in [0.15, 0.2) is 24.7 Å². The molecule has 0 aromatic carbocycles. The first kappa shape index (κ1) is 19.0. The molecule has 3 aromatic rings. The minimum Gasteiger partial charge on any atom is -0.441 e. The van der Waals surface area contributed by atoms with Crippen molar-refractivity contribution in [3.63, 3.8) is 0 Å². The number of anilines is 1. The summed E-state index contributed by atoms with van der Waals surface area (Å²) >= 11 is 6.07. The highest BCUT2D eigenvalue weighted by Gasteiger charge is 2.46. The number of ether oxygens (including phenoxy) is 1. The number of likely N-dealkylation sites (N-methyl/N-ethyl adjacent to an activating group) is 1. The highest BCUT2D eigenvalue weighted by molar-refractivity contribution is 6.31. The van der Waals surface area contributed by atoms with E-state index < -0.39 is 11.4 Å². The molecule has 1 amide bonds. The van der Waals surface area contributed by atoms with Gasteiger partial charge in [-0.25, -0.2) is 24.1 Å². The van der Waals surface area contributed by atoms with Crippen LogP contribution < -0.4 is 5.32 Å². The second kappa shape index (κ2) is 7.09. The quantitative estimate of drug-likeness (QED) is 0.652. The average molecular weight is 431 g/mol. The predicted octanol–water partition coefficient (Wildman–Crippen LogP) is 3.99. The fourth-order valence-corrected chi connectivity index (χ4v) is 4.59. The van der Waals surface area contributed by atoms with Crippen molar-refractivity contribution in [3.8, 4) is 11.4 Å². The van der Waals surface area contributed by atoms with Gasteiger partial charge in [0.1, 0.15) is 11.2 Å². The van der Waals surface area contributed by atoms with E-state index >= 15 is 0 Å². The molecule has 1 aliphatic heterocycles. The van der Waals surface area contributed by atoms with Crippen molar-refractivity contribution in [1.29, 1.82) is 0 Å². The smallest absolute Gasteiger partial charge is 0.410 e. The maximum absolute atomic E-state index is 14.5. The first-order valence-corrected chi connectivity index (χ1v) is 10.2. The molecule has 10 heteroatoms. The second-order valence-electron chi connectivity index (χ2n) is 7.99. The Morgan fingerprint density at radius 3 is 3.07 bits per heavy atom. The summed E-state index contributed by atoms with van der Waals surface area (Å²) in [6.45, 7) is 0.546. The lowest BCUT2D eigenvalue weighted by molar-refractivity contribution is 0.0222. The van der Waals surface area contributed by atoms with Crippen LogP contribution in [0, 0.1) is 5.82 Å². The number of amides is 1. The van der Waals surface area contributed by atoms with E-state index in [9.17, 15) is 9.18 Å². The molecule has 0 unspecified atom stereocenters. The topological polar surface area (TPSA) is 96.0 Å². The molecular weight excluding hydrogens is 411 g/mol. The molecule has 8 nitrogen and oxygen atoms in total. The molecule has 2 atom stereocenters. The van der Waals surface area contributed by atoms with Crippen LogP contribution in [0.5, 0.6) is 0 Å². The van der Waals surface area contributed by atoms with E-state index in [2.05, 4.69) is 25.3 Å². The first-order chi connectivity index (χ1) is 14.4. The third-order valence-electron chi connectivity index (χ3n) is 5.77. The minimum atomic E-state index is -0.532. The number of fused-ring (bicyclic) bond motifs is 1. The Bertz CT molecular complexity index is 1140. The van der Waals surface area contributed by atoms with Crippen molar-refractivity contribution >= 4 is 34.5 Å². The summed E-state index contributed by atoms with van der Waals surface area (Å²) in [7, 11) is 1.73. The lowest BCUT2D eigenvalue weighted by Gasteiger charge is -2.36. The van der Waals surface area contributed by atoms with Gasteiger partial charge in [0, 0.05) is 42.9 Å². The van der Waals surface area contributed by atoms with Gasteiger partial charge in [0.15, 0.2) is 17.5 Å². The zero-order valence-corrected chi connectivity index (χ0v) is 17.0. The van der Waals surface area contributed by atoms with Crippen LogP contribution in [0.25, 0.3) is 22.4 Å². The Hall–Kier alpha value is -2.94. The number of H-pyrrole nitrogens is 1. The summed E-state index contributed by atoms with van der Waals surface area (Å²) in [6, 6.07) is 1.71. The number of nitrogens with zero attached hydrogens (tertiary/aromatic N) is 4. The third-order valence-corrected chi connectivity index (χ3v) is 5.97. The number of halogens is 2. The molecule has 1 saturated heterocycles. The summed E-state index contributed by atoms with van der Waals surface area (Å²) < 4.78 is 20.2. The molecular formula is C20H20ClFN6O2. The Morgan fingerprint density at radius 2 is 2.27 bits per heavy atom. The van der Waals surface area contributed by atoms with Crippen molar-refractivity contribution in [3.05, 3.63) is 35.5 Å². The lowest BCUT2D eigenvalue weighted by Crippen LogP contribution is -2.43. The van der Waals surface area contributed by atoms with Crippen LogP contribution in [0.4, 0.5) is 15.0 Å². The number of aromatic nitrogens is 4. The number of pyridine rings is 1. The fraction of sp³-hybridized carbons (Fsp3) is 0.400. The van der Waals surface area contributed by atoms with Gasteiger partial charge in [0.2, 0.25) is 0 Å². The van der Waals surface area contributed by atoms with E-state index in [1.54, 1.807) is 30.4 Å². The molecule has 4 heterocycles. The van der Waals surface area contributed by atoms with Gasteiger partial charge >= 0.3 is 6.09 Å². The van der Waals surface area contributed by atoms with Gasteiger partial charge < -0.3 is 19.9 Å². The Morgan fingerprint density at radius 1 is 1.40 bits per heavy atom. The summed E-state index contributed by atoms with van der Waals surface area (Å²) in [5.41, 5.74) is 0.820. The van der Waals surface area contributed by atoms with Crippen molar-refractivity contribution in [2.75, 3.05) is 18.9 Å². The van der Waals surface area contributed by atoms with Gasteiger partial charge in [-0.1, -0.05) is 11.6 Å². The Kier molecular flexibility index (Phi) is 4.50. The van der Waals surface area contributed by atoms with E-state index in [0.717, 1.165) is 30.8 Å². The van der Waals surface area contributed by atoms with E-state index in [1.807, 2.05) is 0 Å². The molecule has 3 aromatic heterocycles. The average Bonchev–Trinajstić information content (AvgIpc) is 3.24. The Labute approximate surface area is 176 Å². The maximum Gasteiger partial charge on any atom is 0.410 e. The second-order valence-corrected chi connectivity index (χ2v) is 8.42. The van der Waals surface area contributed by atoms with E-state index in [1.165, 1.54) is 0 Å². The first-order valence-electron chi connectivity index (χ1n) is 9.79. The van der Waals surface area contributed by atoms with Crippen LogP contribution in [0.2, 0.25) is 5.02 Å². The largest absolute Gasteiger partial charge is 0.441 e. The minimum absolute atomic E-state index is 0.0608. The number of rotatable bonds is 3. The number of hydrogen-bond acceptors (Lipinski definition) is 6. The maximum atomic E-state index is 14.5. The highest BCUT2D eigenvalue weighted by atomic mass is 35.5. The number of carbonyl (C=O) groups excluding carboxylic acids is 1. The molecule has 2 aliphatic rings. The lowest BCUT2D eigenvalue weighted by atomic mass is 9.81. The molecule has 0 radical (unpaired) electrons. The summed E-state index contributed by atoms with van der Waals surface area (Å²) in [4.78, 5) is 29.3. The number of nitrogens with one attached hydrogen (secondary N) is 2. The van der Waals surface area contributed by atoms with Crippen molar-refractivity contribution in [2.45, 2.75) is 37.3 Å². The molecule has 156 valence electrons. The summed E-state index contributed by atoms with van der Waals surface area (Å²) in [6.07, 6.45) is 7.26. The molecule has 0 bridgehead atoms. The van der Waals surface area contributed by atoms with Crippen molar-refractivity contribution < 1.29 is 13.9 Å². The molecule has 30 heavy (non-hydrogen) atoms. The van der Waals surface area contributed by atoms with E-state index in [0.29, 0.717) is 35.0 Å². The molecule has 5 rings (SSSR count). The molecule has 2 N–H and O–H groups in total.